The average molecular weight is 253 g/mol. The fourth-order valence-corrected chi connectivity index (χ4v) is 2.10. The van der Waals surface area contributed by atoms with E-state index in [9.17, 15) is 9.18 Å². The van der Waals surface area contributed by atoms with E-state index in [4.69, 9.17) is 5.11 Å². The first-order chi connectivity index (χ1) is 8.66. The van der Waals surface area contributed by atoms with Crippen LogP contribution >= 0.6 is 0 Å². The van der Waals surface area contributed by atoms with Gasteiger partial charge in [0, 0.05) is 25.8 Å². The predicted octanol–water partition coefficient (Wildman–Crippen LogP) is 2.02. The number of hydrogen-bond donors (Lipinski definition) is 2. The largest absolute Gasteiger partial charge is 0.465 e. The number of nitrogens with zero attached hydrogens (tertiary/aromatic N) is 2. The molecule has 0 saturated carbocycles. The summed E-state index contributed by atoms with van der Waals surface area (Å²) in [4.78, 5) is 15.8. The van der Waals surface area contributed by atoms with Crippen LogP contribution in [-0.4, -0.2) is 40.7 Å². The average Bonchev–Trinajstić information content (AvgIpc) is 2.38. The number of aromatic nitrogens is 1. The molecule has 18 heavy (non-hydrogen) atoms. The summed E-state index contributed by atoms with van der Waals surface area (Å²) in [6.07, 6.45) is 3.48. The number of pyridine rings is 1. The molecule has 1 fully saturated rings. The van der Waals surface area contributed by atoms with Gasteiger partial charge in [0.25, 0.3) is 0 Å². The van der Waals surface area contributed by atoms with Crippen LogP contribution in [0.2, 0.25) is 0 Å². The van der Waals surface area contributed by atoms with Gasteiger partial charge in [0.15, 0.2) is 5.82 Å². The van der Waals surface area contributed by atoms with E-state index < -0.39 is 6.09 Å². The van der Waals surface area contributed by atoms with Gasteiger partial charge in [0.05, 0.1) is 11.9 Å². The van der Waals surface area contributed by atoms with Gasteiger partial charge in [-0.3, -0.25) is 4.98 Å². The zero-order valence-electron chi connectivity index (χ0n) is 9.97. The molecular weight excluding hydrogens is 237 g/mol. The third-order valence-corrected chi connectivity index (χ3v) is 3.24. The normalized spacial score (nSPS) is 16.6. The second-order valence-electron chi connectivity index (χ2n) is 4.45. The molecule has 1 amide bonds. The van der Waals surface area contributed by atoms with Crippen LogP contribution in [0, 0.1) is 11.7 Å². The highest BCUT2D eigenvalue weighted by molar-refractivity contribution is 5.65. The lowest BCUT2D eigenvalue weighted by Crippen LogP contribution is -2.39. The second kappa shape index (κ2) is 5.66. The van der Waals surface area contributed by atoms with E-state index in [-0.39, 0.29) is 5.82 Å². The quantitative estimate of drug-likeness (QED) is 0.865. The molecule has 2 rings (SSSR count). The molecule has 0 aromatic carbocycles. The Bertz CT molecular complexity index is 420. The van der Waals surface area contributed by atoms with E-state index in [1.807, 2.05) is 0 Å². The molecule has 1 aliphatic rings. The summed E-state index contributed by atoms with van der Waals surface area (Å²) in [5.41, 5.74) is 0.450. The topological polar surface area (TPSA) is 65.5 Å². The maximum atomic E-state index is 13.3. The Balaban J connectivity index is 1.79. The van der Waals surface area contributed by atoms with Crippen LogP contribution in [0.15, 0.2) is 18.5 Å². The molecule has 6 heteroatoms. The van der Waals surface area contributed by atoms with Gasteiger partial charge < -0.3 is 15.3 Å². The summed E-state index contributed by atoms with van der Waals surface area (Å²) < 4.78 is 13.3. The minimum atomic E-state index is -0.860. The molecule has 0 aliphatic carbocycles. The molecular formula is C12H16FN3O2. The molecule has 2 heterocycles. The lowest BCUT2D eigenvalue weighted by molar-refractivity contribution is 0.126. The number of amides is 1. The van der Waals surface area contributed by atoms with Gasteiger partial charge in [-0.1, -0.05) is 0 Å². The molecule has 1 aliphatic heterocycles. The Hall–Kier alpha value is -1.85. The van der Waals surface area contributed by atoms with Gasteiger partial charge in [0.1, 0.15) is 0 Å². The standard InChI is InChI=1S/C12H16FN3O2/c13-10-8-14-4-1-11(10)15-7-9-2-5-16(6-3-9)12(17)18/h1,4,8-9H,2-3,5-7H2,(H,14,15)(H,17,18). The lowest BCUT2D eigenvalue weighted by atomic mass is 9.97. The van der Waals surface area contributed by atoms with Crippen LogP contribution in [-0.2, 0) is 0 Å². The first-order valence-electron chi connectivity index (χ1n) is 5.98. The van der Waals surface area contributed by atoms with Crippen molar-refractivity contribution in [3.8, 4) is 0 Å². The number of hydrogen-bond acceptors (Lipinski definition) is 3. The number of anilines is 1. The number of piperidine rings is 1. The third-order valence-electron chi connectivity index (χ3n) is 3.24. The maximum Gasteiger partial charge on any atom is 0.407 e. The van der Waals surface area contributed by atoms with Crippen molar-refractivity contribution in [2.75, 3.05) is 25.0 Å². The minimum Gasteiger partial charge on any atom is -0.465 e. The Labute approximate surface area is 105 Å². The smallest absolute Gasteiger partial charge is 0.407 e. The Morgan fingerprint density at radius 3 is 2.89 bits per heavy atom. The van der Waals surface area contributed by atoms with Gasteiger partial charge in [0.2, 0.25) is 0 Å². The fourth-order valence-electron chi connectivity index (χ4n) is 2.10. The lowest BCUT2D eigenvalue weighted by Gasteiger charge is -2.30. The Kier molecular flexibility index (Phi) is 3.96. The highest BCUT2D eigenvalue weighted by Crippen LogP contribution is 2.19. The van der Waals surface area contributed by atoms with E-state index >= 15 is 0 Å². The first-order valence-corrected chi connectivity index (χ1v) is 5.98. The van der Waals surface area contributed by atoms with Gasteiger partial charge in [-0.15, -0.1) is 0 Å². The number of likely N-dealkylation sites (tertiary alicyclic amines) is 1. The van der Waals surface area contributed by atoms with Gasteiger partial charge in [-0.2, -0.15) is 0 Å². The van der Waals surface area contributed by atoms with Crippen molar-refractivity contribution in [2.45, 2.75) is 12.8 Å². The molecule has 0 spiro atoms. The van der Waals surface area contributed by atoms with Crippen LogP contribution < -0.4 is 5.32 Å². The van der Waals surface area contributed by atoms with Crippen molar-refractivity contribution < 1.29 is 14.3 Å². The van der Waals surface area contributed by atoms with Crippen molar-refractivity contribution >= 4 is 11.8 Å². The highest BCUT2D eigenvalue weighted by atomic mass is 19.1. The second-order valence-corrected chi connectivity index (χ2v) is 4.45. The summed E-state index contributed by atoms with van der Waals surface area (Å²) in [6.45, 7) is 1.77. The van der Waals surface area contributed by atoms with E-state index in [0.717, 1.165) is 12.8 Å². The highest BCUT2D eigenvalue weighted by Gasteiger charge is 2.22. The molecule has 1 saturated heterocycles. The molecule has 0 unspecified atom stereocenters. The SMILES string of the molecule is O=C(O)N1CCC(CNc2ccncc2F)CC1. The Morgan fingerprint density at radius 2 is 2.28 bits per heavy atom. The van der Waals surface area contributed by atoms with Gasteiger partial charge >= 0.3 is 6.09 Å². The first kappa shape index (κ1) is 12.6. The molecule has 0 atom stereocenters. The van der Waals surface area contributed by atoms with Crippen LogP contribution in [0.25, 0.3) is 0 Å². The van der Waals surface area contributed by atoms with Crippen molar-refractivity contribution in [3.05, 3.63) is 24.3 Å². The fraction of sp³-hybridized carbons (Fsp3) is 0.500. The van der Waals surface area contributed by atoms with Gasteiger partial charge in [-0.05, 0) is 24.8 Å². The molecule has 1 aromatic heterocycles. The van der Waals surface area contributed by atoms with Gasteiger partial charge in [-0.25, -0.2) is 9.18 Å². The zero-order chi connectivity index (χ0) is 13.0. The van der Waals surface area contributed by atoms with Crippen LogP contribution in [0.1, 0.15) is 12.8 Å². The van der Waals surface area contributed by atoms with Crippen LogP contribution in [0.3, 0.4) is 0 Å². The van der Waals surface area contributed by atoms with E-state index in [0.29, 0.717) is 31.2 Å². The minimum absolute atomic E-state index is 0.361. The number of carboxylic acid groups (broad SMARTS) is 1. The summed E-state index contributed by atoms with van der Waals surface area (Å²) in [7, 11) is 0. The zero-order valence-corrected chi connectivity index (χ0v) is 9.97. The summed E-state index contributed by atoms with van der Waals surface area (Å²) in [6, 6.07) is 1.60. The molecule has 2 N–H and O–H groups in total. The summed E-state index contributed by atoms with van der Waals surface area (Å²) in [5.74, 6) is 0.0219. The van der Waals surface area contributed by atoms with Crippen LogP contribution in [0.4, 0.5) is 14.9 Å². The molecule has 0 radical (unpaired) electrons. The maximum absolute atomic E-state index is 13.3. The number of nitrogens with one attached hydrogen (secondary N) is 1. The molecule has 1 aromatic rings. The Morgan fingerprint density at radius 1 is 1.56 bits per heavy atom. The summed E-state index contributed by atoms with van der Waals surface area (Å²) in [5, 5.41) is 11.9. The number of halogens is 1. The van der Waals surface area contributed by atoms with Crippen molar-refractivity contribution in [1.82, 2.24) is 9.88 Å². The van der Waals surface area contributed by atoms with E-state index in [2.05, 4.69) is 10.3 Å². The van der Waals surface area contributed by atoms with Crippen LogP contribution in [0.5, 0.6) is 0 Å². The van der Waals surface area contributed by atoms with E-state index in [1.54, 1.807) is 12.3 Å². The molecule has 0 bridgehead atoms. The number of rotatable bonds is 3. The monoisotopic (exact) mass is 253 g/mol. The van der Waals surface area contributed by atoms with Crippen molar-refractivity contribution in [3.63, 3.8) is 0 Å². The van der Waals surface area contributed by atoms with Crippen molar-refractivity contribution in [2.24, 2.45) is 5.92 Å². The third kappa shape index (κ3) is 3.09. The van der Waals surface area contributed by atoms with E-state index in [1.165, 1.54) is 11.1 Å². The number of carbonyl (C=O) groups is 1. The van der Waals surface area contributed by atoms with Crippen molar-refractivity contribution in [1.29, 1.82) is 0 Å². The molecule has 98 valence electrons. The summed E-state index contributed by atoms with van der Waals surface area (Å²) >= 11 is 0. The molecule has 5 nitrogen and oxygen atoms in total. The predicted molar refractivity (Wildman–Crippen MR) is 65.0 cm³/mol.